The lowest BCUT2D eigenvalue weighted by molar-refractivity contribution is 0.0951. The van der Waals surface area contributed by atoms with Gasteiger partial charge in [0.2, 0.25) is 0 Å². The van der Waals surface area contributed by atoms with Crippen molar-refractivity contribution in [2.75, 3.05) is 0 Å². The van der Waals surface area contributed by atoms with Gasteiger partial charge in [0, 0.05) is 12.1 Å². The Morgan fingerprint density at radius 2 is 1.79 bits per heavy atom. The van der Waals surface area contributed by atoms with Gasteiger partial charge in [-0.2, -0.15) is 0 Å². The van der Waals surface area contributed by atoms with Crippen LogP contribution >= 0.6 is 0 Å². The monoisotopic (exact) mass is 257 g/mol. The normalized spacial score (nSPS) is 10.2. The third-order valence-electron chi connectivity index (χ3n) is 2.85. The third-order valence-corrected chi connectivity index (χ3v) is 2.85. The maximum absolute atomic E-state index is 11.9. The lowest BCUT2D eigenvalue weighted by Gasteiger charge is -2.07. The molecule has 3 N–H and O–H groups in total. The fraction of sp³-hybridized carbons (Fsp3) is 0.133. The lowest BCUT2D eigenvalue weighted by atomic mass is 10.1. The van der Waals surface area contributed by atoms with E-state index in [0.29, 0.717) is 17.7 Å². The van der Waals surface area contributed by atoms with Crippen LogP contribution in [0.15, 0.2) is 42.5 Å². The summed E-state index contributed by atoms with van der Waals surface area (Å²) in [7, 11) is 0. The van der Waals surface area contributed by atoms with Crippen molar-refractivity contribution < 1.29 is 15.0 Å². The summed E-state index contributed by atoms with van der Waals surface area (Å²) in [6, 6.07) is 11.4. The van der Waals surface area contributed by atoms with Crippen LogP contribution in [0.3, 0.4) is 0 Å². The molecule has 2 rings (SSSR count). The molecule has 4 nitrogen and oxygen atoms in total. The van der Waals surface area contributed by atoms with Gasteiger partial charge in [-0.05, 0) is 48.4 Å². The summed E-state index contributed by atoms with van der Waals surface area (Å²) in [5.41, 5.74) is 2.08. The number of phenols is 2. The van der Waals surface area contributed by atoms with Gasteiger partial charge >= 0.3 is 0 Å². The number of carbonyl (C=O) groups excluding carboxylic acids is 1. The molecule has 98 valence electrons. The Kier molecular flexibility index (Phi) is 3.71. The fourth-order valence-electron chi connectivity index (χ4n) is 1.69. The molecule has 2 aromatic carbocycles. The minimum absolute atomic E-state index is 0.176. The molecule has 0 aromatic heterocycles. The van der Waals surface area contributed by atoms with E-state index in [0.717, 1.165) is 5.56 Å². The molecule has 0 heterocycles. The van der Waals surface area contributed by atoms with E-state index in [1.54, 1.807) is 43.3 Å². The van der Waals surface area contributed by atoms with Gasteiger partial charge in [0.05, 0.1) is 0 Å². The first-order valence-corrected chi connectivity index (χ1v) is 5.92. The van der Waals surface area contributed by atoms with Crippen LogP contribution in [-0.4, -0.2) is 16.1 Å². The van der Waals surface area contributed by atoms with Crippen LogP contribution in [0, 0.1) is 6.92 Å². The molecule has 0 unspecified atom stereocenters. The van der Waals surface area contributed by atoms with Gasteiger partial charge < -0.3 is 15.5 Å². The molecule has 4 heteroatoms. The summed E-state index contributed by atoms with van der Waals surface area (Å²) in [6.07, 6.45) is 0. The minimum Gasteiger partial charge on any atom is -0.508 e. The number of hydrogen-bond acceptors (Lipinski definition) is 3. The second-order valence-electron chi connectivity index (χ2n) is 4.35. The standard InChI is InChI=1S/C15H15NO3/c1-10-8-12(4-7-14(10)18)15(19)16-9-11-2-5-13(17)6-3-11/h2-8,17-18H,9H2,1H3,(H,16,19). The van der Waals surface area contributed by atoms with Crippen LogP contribution < -0.4 is 5.32 Å². The fourth-order valence-corrected chi connectivity index (χ4v) is 1.69. The molecule has 19 heavy (non-hydrogen) atoms. The van der Waals surface area contributed by atoms with Crippen LogP contribution in [0.4, 0.5) is 0 Å². The first-order chi connectivity index (χ1) is 9.06. The summed E-state index contributed by atoms with van der Waals surface area (Å²) in [5.74, 6) is 0.176. The van der Waals surface area contributed by atoms with E-state index in [1.165, 1.54) is 6.07 Å². The second-order valence-corrected chi connectivity index (χ2v) is 4.35. The molecule has 0 spiro atoms. The SMILES string of the molecule is Cc1cc(C(=O)NCc2ccc(O)cc2)ccc1O. The van der Waals surface area contributed by atoms with E-state index < -0.39 is 0 Å². The Bertz CT molecular complexity index is 591. The van der Waals surface area contributed by atoms with Crippen molar-refractivity contribution in [1.29, 1.82) is 0 Å². The van der Waals surface area contributed by atoms with Gasteiger partial charge in [-0.3, -0.25) is 4.79 Å². The average molecular weight is 257 g/mol. The zero-order chi connectivity index (χ0) is 13.8. The maximum Gasteiger partial charge on any atom is 0.251 e. The molecule has 2 aromatic rings. The van der Waals surface area contributed by atoms with Gasteiger partial charge in [-0.1, -0.05) is 12.1 Å². The Balaban J connectivity index is 2.01. The third kappa shape index (κ3) is 3.25. The number of nitrogens with one attached hydrogen (secondary N) is 1. The van der Waals surface area contributed by atoms with E-state index in [2.05, 4.69) is 5.32 Å². The highest BCUT2D eigenvalue weighted by Gasteiger charge is 2.07. The Morgan fingerprint density at radius 1 is 1.11 bits per heavy atom. The van der Waals surface area contributed by atoms with E-state index in [4.69, 9.17) is 5.11 Å². The molecular weight excluding hydrogens is 242 g/mol. The Hall–Kier alpha value is -2.49. The van der Waals surface area contributed by atoms with Gasteiger partial charge in [-0.15, -0.1) is 0 Å². The number of aromatic hydroxyl groups is 2. The minimum atomic E-state index is -0.198. The number of phenolic OH excluding ortho intramolecular Hbond substituents is 2. The van der Waals surface area contributed by atoms with Crippen LogP contribution in [-0.2, 0) is 6.54 Å². The maximum atomic E-state index is 11.9. The van der Waals surface area contributed by atoms with E-state index >= 15 is 0 Å². The highest BCUT2D eigenvalue weighted by Crippen LogP contribution is 2.17. The summed E-state index contributed by atoms with van der Waals surface area (Å²) in [6.45, 7) is 2.13. The van der Waals surface area contributed by atoms with E-state index in [9.17, 15) is 9.90 Å². The predicted octanol–water partition coefficient (Wildman–Crippen LogP) is 2.34. The molecular formula is C15H15NO3. The summed E-state index contributed by atoms with van der Waals surface area (Å²) in [5, 5.41) is 21.3. The Morgan fingerprint density at radius 3 is 2.42 bits per heavy atom. The topological polar surface area (TPSA) is 69.6 Å². The molecule has 0 atom stereocenters. The smallest absolute Gasteiger partial charge is 0.251 e. The average Bonchev–Trinajstić information content (AvgIpc) is 2.41. The van der Waals surface area contributed by atoms with Gasteiger partial charge in [0.25, 0.3) is 5.91 Å². The van der Waals surface area contributed by atoms with E-state index in [1.807, 2.05) is 0 Å². The summed E-state index contributed by atoms with van der Waals surface area (Å²) in [4.78, 5) is 11.9. The van der Waals surface area contributed by atoms with Crippen molar-refractivity contribution in [2.45, 2.75) is 13.5 Å². The number of benzene rings is 2. The first-order valence-electron chi connectivity index (χ1n) is 5.92. The molecule has 0 aliphatic heterocycles. The molecule has 0 fully saturated rings. The van der Waals surface area contributed by atoms with Crippen LogP contribution in [0.2, 0.25) is 0 Å². The summed E-state index contributed by atoms with van der Waals surface area (Å²) >= 11 is 0. The van der Waals surface area contributed by atoms with Gasteiger partial charge in [0.1, 0.15) is 11.5 Å². The van der Waals surface area contributed by atoms with Crippen molar-refractivity contribution in [3.63, 3.8) is 0 Å². The van der Waals surface area contributed by atoms with E-state index in [-0.39, 0.29) is 17.4 Å². The lowest BCUT2D eigenvalue weighted by Crippen LogP contribution is -2.22. The molecule has 0 aliphatic rings. The quantitative estimate of drug-likeness (QED) is 0.790. The number of amides is 1. The number of hydrogen-bond donors (Lipinski definition) is 3. The zero-order valence-electron chi connectivity index (χ0n) is 10.6. The van der Waals surface area contributed by atoms with Crippen molar-refractivity contribution in [1.82, 2.24) is 5.32 Å². The number of aryl methyl sites for hydroxylation is 1. The first kappa shape index (κ1) is 13.0. The number of rotatable bonds is 3. The van der Waals surface area contributed by atoms with Crippen LogP contribution in [0.1, 0.15) is 21.5 Å². The van der Waals surface area contributed by atoms with Gasteiger partial charge in [-0.25, -0.2) is 0 Å². The van der Waals surface area contributed by atoms with Crippen LogP contribution in [0.5, 0.6) is 11.5 Å². The molecule has 1 amide bonds. The largest absolute Gasteiger partial charge is 0.508 e. The predicted molar refractivity (Wildman–Crippen MR) is 72.1 cm³/mol. The highest BCUT2D eigenvalue weighted by molar-refractivity contribution is 5.94. The molecule has 0 aliphatic carbocycles. The summed E-state index contributed by atoms with van der Waals surface area (Å²) < 4.78 is 0. The molecule has 0 bridgehead atoms. The highest BCUT2D eigenvalue weighted by atomic mass is 16.3. The van der Waals surface area contributed by atoms with Crippen molar-refractivity contribution in [3.05, 3.63) is 59.2 Å². The van der Waals surface area contributed by atoms with Crippen molar-refractivity contribution in [3.8, 4) is 11.5 Å². The molecule has 0 radical (unpaired) electrons. The molecule has 0 saturated heterocycles. The van der Waals surface area contributed by atoms with Crippen molar-refractivity contribution in [2.24, 2.45) is 0 Å². The van der Waals surface area contributed by atoms with Gasteiger partial charge in [0.15, 0.2) is 0 Å². The number of carbonyl (C=O) groups is 1. The van der Waals surface area contributed by atoms with Crippen LogP contribution in [0.25, 0.3) is 0 Å². The Labute approximate surface area is 111 Å². The zero-order valence-corrected chi connectivity index (χ0v) is 10.6. The second kappa shape index (κ2) is 5.44. The molecule has 0 saturated carbocycles. The van der Waals surface area contributed by atoms with Crippen molar-refractivity contribution >= 4 is 5.91 Å².